The predicted octanol–water partition coefficient (Wildman–Crippen LogP) is 8.70. The molecule has 1 aromatic heterocycles. The third-order valence-electron chi connectivity index (χ3n) is 10.1. The standard InChI is InChI=1S/C24BF20.C17H14NO3S/c26-5-1(6(27)14(35)21(42)13(5)34)25(2-7(28)15(36)22(43)16(37)8(2)29,3-9(30)17(38)23(44)18(39)10(3)31)4-11(32)19(40)24(45)20(41)12(4)33;1-21-17(20)13-8-6-12(7-9-13)15(19)10-18-11-22-16-5-3-2-4-14(16)18/h;2-9,11H,10H2,1H3/q-1;+1. The molecule has 0 aliphatic heterocycles. The van der Waals surface area contributed by atoms with E-state index in [1.807, 2.05) is 34.3 Å². The topological polar surface area (TPSA) is 47.3 Å². The number of rotatable bonds is 8. The van der Waals surface area contributed by atoms with Crippen molar-refractivity contribution in [1.29, 1.82) is 0 Å². The molecule has 0 atom stereocenters. The van der Waals surface area contributed by atoms with E-state index in [4.69, 9.17) is 0 Å². The van der Waals surface area contributed by atoms with Crippen molar-refractivity contribution in [2.45, 2.75) is 6.54 Å². The highest BCUT2D eigenvalue weighted by Gasteiger charge is 2.52. The average Bonchev–Trinajstić information content (AvgIpc) is 3.73. The summed E-state index contributed by atoms with van der Waals surface area (Å²) in [5, 5.41) is 0. The molecule has 0 bridgehead atoms. The Kier molecular flexibility index (Phi) is 13.5. The number of methoxy groups -OCH3 is 1. The Balaban J connectivity index is 0.000000279. The number of carbonyl (C=O) groups excluding carboxylic acids is 2. The Morgan fingerprint density at radius 3 is 1.03 bits per heavy atom. The molecule has 0 fully saturated rings. The lowest BCUT2D eigenvalue weighted by Crippen LogP contribution is -2.81. The van der Waals surface area contributed by atoms with Crippen molar-refractivity contribution in [1.82, 2.24) is 0 Å². The van der Waals surface area contributed by atoms with Gasteiger partial charge in [0.1, 0.15) is 57.4 Å². The van der Waals surface area contributed by atoms with Gasteiger partial charge in [-0.2, -0.15) is 4.57 Å². The van der Waals surface area contributed by atoms with Gasteiger partial charge in [0.2, 0.25) is 23.4 Å². The number of halogens is 20. The third kappa shape index (κ3) is 7.78. The van der Waals surface area contributed by atoms with E-state index in [1.165, 1.54) is 7.11 Å². The molecule has 0 N–H and O–H groups in total. The van der Waals surface area contributed by atoms with Crippen LogP contribution in [-0.2, 0) is 11.3 Å². The smallest absolute Gasteiger partial charge is 0.337 e. The number of ketones is 1. The lowest BCUT2D eigenvalue weighted by molar-refractivity contribution is -0.652. The molecule has 67 heavy (non-hydrogen) atoms. The fraction of sp³-hybridized carbons (Fsp3) is 0.0488. The fourth-order valence-corrected chi connectivity index (χ4v) is 8.02. The van der Waals surface area contributed by atoms with Crippen molar-refractivity contribution < 1.29 is 107 Å². The van der Waals surface area contributed by atoms with Crippen molar-refractivity contribution in [3.8, 4) is 0 Å². The number of carbonyl (C=O) groups is 2. The van der Waals surface area contributed by atoms with E-state index in [2.05, 4.69) is 4.74 Å². The highest BCUT2D eigenvalue weighted by atomic mass is 32.1. The van der Waals surface area contributed by atoms with Crippen molar-refractivity contribution in [2.75, 3.05) is 7.11 Å². The number of hydrogen-bond acceptors (Lipinski definition) is 4. The van der Waals surface area contributed by atoms with Gasteiger partial charge in [0.25, 0.3) is 0 Å². The van der Waals surface area contributed by atoms with Gasteiger partial charge in [-0.3, -0.25) is 4.79 Å². The molecule has 1 heterocycles. The number of aromatic nitrogens is 1. The average molecular weight is 991 g/mol. The van der Waals surface area contributed by atoms with Gasteiger partial charge in [-0.1, -0.05) is 35.6 Å². The summed E-state index contributed by atoms with van der Waals surface area (Å²) in [6.07, 6.45) is -7.22. The van der Waals surface area contributed by atoms with Gasteiger partial charge in [0.15, 0.2) is 69.8 Å². The second-order valence-corrected chi connectivity index (χ2v) is 14.5. The highest BCUT2D eigenvalue weighted by molar-refractivity contribution is 7.20. The Morgan fingerprint density at radius 2 is 0.716 bits per heavy atom. The van der Waals surface area contributed by atoms with Crippen LogP contribution in [0.5, 0.6) is 0 Å². The molecule has 26 heteroatoms. The molecule has 7 aromatic rings. The molecular formula is C41H14BF20NO3S. The molecule has 0 amide bonds. The van der Waals surface area contributed by atoms with E-state index in [1.54, 1.807) is 35.6 Å². The maximum Gasteiger partial charge on any atom is 0.337 e. The summed E-state index contributed by atoms with van der Waals surface area (Å²) in [5.41, 5.74) is -10.3. The van der Waals surface area contributed by atoms with Gasteiger partial charge in [0.05, 0.1) is 12.7 Å². The van der Waals surface area contributed by atoms with Crippen LogP contribution in [0, 0.1) is 116 Å². The van der Waals surface area contributed by atoms with Crippen LogP contribution in [0.25, 0.3) is 10.2 Å². The van der Waals surface area contributed by atoms with Crippen LogP contribution in [0.3, 0.4) is 0 Å². The van der Waals surface area contributed by atoms with Gasteiger partial charge >= 0.3 is 5.97 Å². The summed E-state index contributed by atoms with van der Waals surface area (Å²) in [4.78, 5) is 23.8. The Morgan fingerprint density at radius 1 is 0.433 bits per heavy atom. The van der Waals surface area contributed by atoms with E-state index in [-0.39, 0.29) is 12.3 Å². The number of hydrogen-bond donors (Lipinski definition) is 0. The maximum absolute atomic E-state index is 15.4. The van der Waals surface area contributed by atoms with Crippen molar-refractivity contribution in [2.24, 2.45) is 0 Å². The van der Waals surface area contributed by atoms with Crippen molar-refractivity contribution in [3.05, 3.63) is 182 Å². The van der Waals surface area contributed by atoms with Gasteiger partial charge in [-0.05, 0) is 18.2 Å². The van der Waals surface area contributed by atoms with E-state index >= 15 is 35.1 Å². The Labute approximate surface area is 362 Å². The molecule has 0 saturated heterocycles. The van der Waals surface area contributed by atoms with Crippen LogP contribution >= 0.6 is 11.3 Å². The minimum Gasteiger partial charge on any atom is -0.465 e. The number of esters is 1. The van der Waals surface area contributed by atoms with Gasteiger partial charge in [-0.15, -0.1) is 21.9 Å². The Hall–Kier alpha value is -6.99. The molecule has 7 rings (SSSR count). The Bertz CT molecular complexity index is 2820. The summed E-state index contributed by atoms with van der Waals surface area (Å²) in [6, 6.07) is 14.5. The zero-order valence-corrected chi connectivity index (χ0v) is 32.9. The largest absolute Gasteiger partial charge is 0.465 e. The lowest BCUT2D eigenvalue weighted by Gasteiger charge is -2.44. The van der Waals surface area contributed by atoms with Crippen LogP contribution in [0.2, 0.25) is 0 Å². The van der Waals surface area contributed by atoms with Gasteiger partial charge < -0.3 is 4.74 Å². The lowest BCUT2D eigenvalue weighted by atomic mass is 9.12. The van der Waals surface area contributed by atoms with E-state index < -0.39 is 150 Å². The van der Waals surface area contributed by atoms with E-state index in [0.717, 1.165) is 10.2 Å². The van der Waals surface area contributed by atoms with Crippen molar-refractivity contribution >= 4 is 61.3 Å². The number of para-hydroxylation sites is 1. The molecule has 350 valence electrons. The summed E-state index contributed by atoms with van der Waals surface area (Å²) in [6.45, 7) is 0.279. The van der Waals surface area contributed by atoms with Crippen molar-refractivity contribution in [3.63, 3.8) is 0 Å². The molecule has 0 saturated carbocycles. The first kappa shape index (κ1) is 49.4. The SMILES string of the molecule is COC(=O)c1ccc(C(=O)C[n+]2csc3ccccc32)cc1.Fc1c(F)c(F)c([B-](c2c(F)c(F)c(F)c(F)c2F)(c2c(F)c(F)c(F)c(F)c2F)c2c(F)c(F)c(F)c(F)c2F)c(F)c1F. The summed E-state index contributed by atoms with van der Waals surface area (Å²) >= 11 is 1.61. The second-order valence-electron chi connectivity index (χ2n) is 13.6. The minimum absolute atomic E-state index is 0.00460. The molecule has 0 aliphatic rings. The predicted molar refractivity (Wildman–Crippen MR) is 193 cm³/mol. The number of ether oxygens (including phenoxy) is 1. The number of benzene rings is 6. The molecular weight excluding hydrogens is 977 g/mol. The zero-order chi connectivity index (χ0) is 49.9. The number of nitrogens with zero attached hydrogens (tertiary/aromatic N) is 1. The molecule has 0 aliphatic carbocycles. The zero-order valence-electron chi connectivity index (χ0n) is 32.1. The van der Waals surface area contributed by atoms with Crippen LogP contribution in [-0.4, -0.2) is 25.0 Å². The van der Waals surface area contributed by atoms with E-state index in [9.17, 15) is 62.3 Å². The summed E-state index contributed by atoms with van der Waals surface area (Å²) in [7, 11) is 1.33. The number of thiazole rings is 1. The van der Waals surface area contributed by atoms with Crippen LogP contribution in [0.1, 0.15) is 20.7 Å². The summed E-state index contributed by atoms with van der Waals surface area (Å²) < 4.78 is 302. The molecule has 6 aromatic carbocycles. The second kappa shape index (κ2) is 18.4. The van der Waals surface area contributed by atoms with Gasteiger partial charge in [0, 0.05) is 11.6 Å². The quantitative estimate of drug-likeness (QED) is 0.0292. The minimum atomic E-state index is -7.22. The highest BCUT2D eigenvalue weighted by Crippen LogP contribution is 2.31. The fourth-order valence-electron chi connectivity index (χ4n) is 7.12. The maximum atomic E-state index is 15.4. The first-order valence-corrected chi connectivity index (χ1v) is 18.6. The number of Topliss-reactive ketones (excluding diaryl/α,β-unsaturated/α-hetero) is 1. The monoisotopic (exact) mass is 991 g/mol. The number of fused-ring (bicyclic) bond motifs is 1. The first-order valence-electron chi connectivity index (χ1n) is 17.7. The third-order valence-corrected chi connectivity index (χ3v) is 11.1. The molecule has 0 unspecified atom stereocenters. The normalized spacial score (nSPS) is 11.5. The van der Waals surface area contributed by atoms with Crippen LogP contribution in [0.4, 0.5) is 87.8 Å². The van der Waals surface area contributed by atoms with Crippen LogP contribution < -0.4 is 26.4 Å². The summed E-state index contributed by atoms with van der Waals surface area (Å²) in [5.74, 6) is -71.8. The molecule has 0 radical (unpaired) electrons. The van der Waals surface area contributed by atoms with E-state index in [0.29, 0.717) is 11.1 Å². The van der Waals surface area contributed by atoms with Gasteiger partial charge in [-0.25, -0.2) is 92.6 Å². The molecule has 4 nitrogen and oxygen atoms in total. The molecule has 0 spiro atoms. The first-order chi connectivity index (χ1) is 31.4. The van der Waals surface area contributed by atoms with Crippen LogP contribution in [0.15, 0.2) is 54.0 Å².